The number of rotatable bonds is 7. The summed E-state index contributed by atoms with van der Waals surface area (Å²) in [6, 6.07) is 9.04. The van der Waals surface area contributed by atoms with Crippen molar-refractivity contribution in [2.24, 2.45) is 0 Å². The summed E-state index contributed by atoms with van der Waals surface area (Å²) in [7, 11) is 0. The number of para-hydroxylation sites is 1. The first-order valence-corrected chi connectivity index (χ1v) is 11.1. The highest BCUT2D eigenvalue weighted by Gasteiger charge is 2.39. The fourth-order valence-electron chi connectivity index (χ4n) is 3.66. The van der Waals surface area contributed by atoms with E-state index in [0.717, 1.165) is 32.0 Å². The Balaban J connectivity index is 1.79. The monoisotopic (exact) mass is 543 g/mol. The van der Waals surface area contributed by atoms with Crippen LogP contribution in [0.4, 0.5) is 22.0 Å². The maximum Gasteiger partial charge on any atom is 0.416 e. The molecule has 0 bridgehead atoms. The van der Waals surface area contributed by atoms with Gasteiger partial charge in [0.05, 0.1) is 18.8 Å². The highest BCUT2D eigenvalue weighted by Crippen LogP contribution is 2.26. The van der Waals surface area contributed by atoms with Crippen LogP contribution in [0.5, 0.6) is 0 Å². The molecule has 0 aliphatic heterocycles. The van der Waals surface area contributed by atoms with E-state index in [1.165, 1.54) is 37.4 Å². The van der Waals surface area contributed by atoms with Crippen LogP contribution in [0.3, 0.4) is 0 Å². The van der Waals surface area contributed by atoms with Crippen molar-refractivity contribution in [3.05, 3.63) is 87.5 Å². The van der Waals surface area contributed by atoms with Crippen molar-refractivity contribution in [1.29, 1.82) is 0 Å². The van der Waals surface area contributed by atoms with Gasteiger partial charge in [-0.1, -0.05) is 29.8 Å². The lowest BCUT2D eigenvalue weighted by Gasteiger charge is -2.16. The Morgan fingerprint density at radius 1 is 1.05 bits per heavy atom. The molecule has 196 valence electrons. The maximum absolute atomic E-state index is 14.4. The van der Waals surface area contributed by atoms with Crippen LogP contribution in [0.15, 0.2) is 53.5 Å². The fourth-order valence-corrected chi connectivity index (χ4v) is 3.79. The molecule has 2 N–H and O–H groups in total. The Kier molecular flexibility index (Phi) is 7.22. The number of hydrogen-bond donors (Lipinski definition) is 2. The zero-order chi connectivity index (χ0) is 27.1. The summed E-state index contributed by atoms with van der Waals surface area (Å²) in [5.74, 6) is -2.34. The minimum atomic E-state index is -4.98. The Labute approximate surface area is 210 Å². The number of alkyl halides is 3. The largest absolute Gasteiger partial charge is 0.416 e. The molecule has 0 aliphatic rings. The van der Waals surface area contributed by atoms with Gasteiger partial charge in [-0.05, 0) is 36.8 Å². The number of benzene rings is 2. The molecule has 1 unspecified atom stereocenters. The van der Waals surface area contributed by atoms with Gasteiger partial charge in [-0.3, -0.25) is 9.13 Å². The Morgan fingerprint density at radius 3 is 2.24 bits per heavy atom. The minimum Gasteiger partial charge on any atom is -0.385 e. The van der Waals surface area contributed by atoms with E-state index in [1.807, 2.05) is 0 Å². The number of aliphatic hydroxyl groups is 2. The molecule has 0 fully saturated rings. The smallest absolute Gasteiger partial charge is 0.385 e. The molecule has 0 amide bonds. The molecule has 2 aromatic carbocycles. The van der Waals surface area contributed by atoms with Crippen LogP contribution in [-0.4, -0.2) is 46.4 Å². The highest BCUT2D eigenvalue weighted by molar-refractivity contribution is 6.30. The predicted octanol–water partition coefficient (Wildman–Crippen LogP) is 3.85. The number of aromatic nitrogens is 5. The maximum atomic E-state index is 14.4. The molecule has 0 saturated heterocycles. The van der Waals surface area contributed by atoms with Gasteiger partial charge < -0.3 is 10.2 Å². The third-order valence-corrected chi connectivity index (χ3v) is 5.68. The second-order valence-corrected chi connectivity index (χ2v) is 8.58. The van der Waals surface area contributed by atoms with E-state index in [1.54, 1.807) is 0 Å². The SMILES string of the molecule is C[C@H](O)c1nc(Cn2cc(-c3ccc(Cl)cc3)n(CC(O)C(F)(F)F)c2=O)nn1-c1c(F)cccc1F. The average Bonchev–Trinajstić information content (AvgIpc) is 3.36. The van der Waals surface area contributed by atoms with Crippen molar-refractivity contribution >= 4 is 11.6 Å². The summed E-state index contributed by atoms with van der Waals surface area (Å²) in [6.07, 6.45) is -7.88. The van der Waals surface area contributed by atoms with Gasteiger partial charge in [0.1, 0.15) is 11.8 Å². The van der Waals surface area contributed by atoms with Crippen molar-refractivity contribution < 1.29 is 32.2 Å². The molecule has 0 radical (unpaired) electrons. The van der Waals surface area contributed by atoms with Crippen molar-refractivity contribution in [3.63, 3.8) is 0 Å². The van der Waals surface area contributed by atoms with Crippen LogP contribution < -0.4 is 5.69 Å². The number of aliphatic hydroxyl groups excluding tert-OH is 2. The van der Waals surface area contributed by atoms with Crippen LogP contribution in [0.25, 0.3) is 16.9 Å². The molecular weight excluding hydrogens is 525 g/mol. The first-order valence-electron chi connectivity index (χ1n) is 10.8. The van der Waals surface area contributed by atoms with E-state index in [0.29, 0.717) is 10.6 Å². The van der Waals surface area contributed by atoms with E-state index in [9.17, 15) is 37.0 Å². The van der Waals surface area contributed by atoms with Gasteiger partial charge in [-0.15, -0.1) is 5.10 Å². The molecule has 14 heteroatoms. The zero-order valence-corrected chi connectivity index (χ0v) is 19.8. The third-order valence-electron chi connectivity index (χ3n) is 5.43. The molecule has 2 heterocycles. The summed E-state index contributed by atoms with van der Waals surface area (Å²) in [5.41, 5.74) is -1.15. The summed E-state index contributed by atoms with van der Waals surface area (Å²) >= 11 is 5.89. The van der Waals surface area contributed by atoms with Crippen LogP contribution in [0.2, 0.25) is 5.02 Å². The van der Waals surface area contributed by atoms with Gasteiger partial charge >= 0.3 is 11.9 Å². The topological polar surface area (TPSA) is 98.1 Å². The standard InChI is InChI=1S/C23H19ClF5N5O3/c1-12(35)21-30-19(31-34(21)20-15(25)3-2-4-16(20)26)11-32-9-17(13-5-7-14(24)8-6-13)33(22(32)37)10-18(36)23(27,28)29/h2-9,12,18,35-36H,10-11H2,1H3/t12-,18?/m0/s1. The third kappa shape index (κ3) is 5.43. The molecule has 2 atom stereocenters. The molecule has 4 rings (SSSR count). The van der Waals surface area contributed by atoms with E-state index in [4.69, 9.17) is 11.6 Å². The van der Waals surface area contributed by atoms with Gasteiger partial charge in [0.25, 0.3) is 0 Å². The van der Waals surface area contributed by atoms with Gasteiger partial charge in [-0.2, -0.15) is 13.2 Å². The lowest BCUT2D eigenvalue weighted by Crippen LogP contribution is -2.37. The zero-order valence-electron chi connectivity index (χ0n) is 19.0. The molecule has 0 aliphatic carbocycles. The van der Waals surface area contributed by atoms with E-state index in [-0.39, 0.29) is 17.3 Å². The molecule has 0 spiro atoms. The Hall–Kier alpha value is -3.55. The fraction of sp³-hybridized carbons (Fsp3) is 0.261. The average molecular weight is 544 g/mol. The lowest BCUT2D eigenvalue weighted by molar-refractivity contribution is -0.207. The molecular formula is C23H19ClF5N5O3. The molecule has 8 nitrogen and oxygen atoms in total. The summed E-state index contributed by atoms with van der Waals surface area (Å²) in [6.45, 7) is -0.214. The summed E-state index contributed by atoms with van der Waals surface area (Å²) < 4.78 is 70.4. The van der Waals surface area contributed by atoms with E-state index in [2.05, 4.69) is 10.1 Å². The number of halogens is 6. The Morgan fingerprint density at radius 2 is 1.68 bits per heavy atom. The highest BCUT2D eigenvalue weighted by atomic mass is 35.5. The molecule has 37 heavy (non-hydrogen) atoms. The van der Waals surface area contributed by atoms with Gasteiger partial charge in [0, 0.05) is 11.2 Å². The quantitative estimate of drug-likeness (QED) is 0.345. The van der Waals surface area contributed by atoms with Crippen LogP contribution in [0, 0.1) is 11.6 Å². The molecule has 0 saturated carbocycles. The minimum absolute atomic E-state index is 0.0419. The molecule has 2 aromatic heterocycles. The van der Waals surface area contributed by atoms with Crippen LogP contribution >= 0.6 is 11.6 Å². The van der Waals surface area contributed by atoms with E-state index >= 15 is 0 Å². The number of nitrogens with zero attached hydrogens (tertiary/aromatic N) is 5. The van der Waals surface area contributed by atoms with Gasteiger partial charge in [-0.25, -0.2) is 23.2 Å². The normalized spacial score (nSPS) is 13.6. The van der Waals surface area contributed by atoms with Gasteiger partial charge in [0.2, 0.25) is 0 Å². The second-order valence-electron chi connectivity index (χ2n) is 8.14. The van der Waals surface area contributed by atoms with Crippen LogP contribution in [0.1, 0.15) is 24.7 Å². The number of imidazole rings is 1. The van der Waals surface area contributed by atoms with Gasteiger partial charge in [0.15, 0.2) is 29.4 Å². The second kappa shape index (κ2) is 10.1. The van der Waals surface area contributed by atoms with Crippen molar-refractivity contribution in [2.75, 3.05) is 0 Å². The van der Waals surface area contributed by atoms with Crippen LogP contribution in [-0.2, 0) is 13.1 Å². The van der Waals surface area contributed by atoms with Crippen molar-refractivity contribution in [1.82, 2.24) is 23.9 Å². The van der Waals surface area contributed by atoms with E-state index < -0.39 is 54.5 Å². The predicted molar refractivity (Wildman–Crippen MR) is 122 cm³/mol. The number of hydrogen-bond acceptors (Lipinski definition) is 5. The Bertz CT molecular complexity index is 1460. The lowest BCUT2D eigenvalue weighted by atomic mass is 10.1. The summed E-state index contributed by atoms with van der Waals surface area (Å²) in [5, 5.41) is 24.1. The van der Waals surface area contributed by atoms with Crippen molar-refractivity contribution in [3.8, 4) is 16.9 Å². The first-order chi connectivity index (χ1) is 17.4. The van der Waals surface area contributed by atoms with Crippen molar-refractivity contribution in [2.45, 2.75) is 38.4 Å². The first kappa shape index (κ1) is 26.5. The molecule has 4 aromatic rings. The summed E-state index contributed by atoms with van der Waals surface area (Å²) in [4.78, 5) is 17.2.